The Kier molecular flexibility index (Phi) is 5.93. The number of amides is 1. The summed E-state index contributed by atoms with van der Waals surface area (Å²) in [6.07, 6.45) is 1.50. The molecule has 0 aliphatic heterocycles. The molecule has 0 unspecified atom stereocenters. The SMILES string of the molecule is Cc1ccc(C(O)(C(=O)N/N=C/c2ccc(Cl)cc2)c2ccc(C)cc2)cc1. The van der Waals surface area contributed by atoms with Crippen LogP contribution in [-0.2, 0) is 10.4 Å². The minimum atomic E-state index is -1.86. The third-order valence-corrected chi connectivity index (χ3v) is 4.77. The van der Waals surface area contributed by atoms with E-state index in [-0.39, 0.29) is 0 Å². The highest BCUT2D eigenvalue weighted by Gasteiger charge is 2.40. The smallest absolute Gasteiger partial charge is 0.281 e. The number of nitrogens with zero attached hydrogens (tertiary/aromatic N) is 1. The number of hydrogen-bond acceptors (Lipinski definition) is 3. The van der Waals surface area contributed by atoms with Gasteiger partial charge < -0.3 is 5.11 Å². The molecule has 3 aromatic rings. The second-order valence-corrected chi connectivity index (χ2v) is 7.13. The summed E-state index contributed by atoms with van der Waals surface area (Å²) < 4.78 is 0. The van der Waals surface area contributed by atoms with Crippen LogP contribution in [-0.4, -0.2) is 17.2 Å². The van der Waals surface area contributed by atoms with E-state index in [1.807, 2.05) is 38.1 Å². The highest BCUT2D eigenvalue weighted by atomic mass is 35.5. The van der Waals surface area contributed by atoms with Crippen molar-refractivity contribution in [3.63, 3.8) is 0 Å². The van der Waals surface area contributed by atoms with Crippen molar-refractivity contribution in [3.8, 4) is 0 Å². The second kappa shape index (κ2) is 8.38. The Bertz CT molecular complexity index is 933. The van der Waals surface area contributed by atoms with Gasteiger partial charge in [-0.25, -0.2) is 5.43 Å². The molecule has 0 aromatic heterocycles. The first-order chi connectivity index (χ1) is 13.4. The van der Waals surface area contributed by atoms with Gasteiger partial charge in [-0.15, -0.1) is 0 Å². The molecule has 0 heterocycles. The molecule has 3 rings (SSSR count). The Morgan fingerprint density at radius 1 is 0.893 bits per heavy atom. The molecule has 0 spiro atoms. The van der Waals surface area contributed by atoms with Gasteiger partial charge in [0.05, 0.1) is 6.21 Å². The molecule has 0 fully saturated rings. The van der Waals surface area contributed by atoms with Crippen molar-refractivity contribution >= 4 is 23.7 Å². The zero-order chi connectivity index (χ0) is 20.1. The molecule has 0 radical (unpaired) electrons. The highest BCUT2D eigenvalue weighted by Crippen LogP contribution is 2.30. The van der Waals surface area contributed by atoms with E-state index in [2.05, 4.69) is 10.5 Å². The van der Waals surface area contributed by atoms with Gasteiger partial charge in [-0.1, -0.05) is 83.4 Å². The van der Waals surface area contributed by atoms with E-state index in [9.17, 15) is 9.90 Å². The Morgan fingerprint density at radius 3 is 1.82 bits per heavy atom. The molecule has 0 atom stereocenters. The standard InChI is InChI=1S/C23H21ClN2O2/c1-16-3-9-19(10-4-16)23(28,20-11-5-17(2)6-12-20)22(27)26-25-15-18-7-13-21(24)14-8-18/h3-15,28H,1-2H3,(H,26,27)/b25-15+. The zero-order valence-electron chi connectivity index (χ0n) is 15.7. The molecule has 2 N–H and O–H groups in total. The molecule has 0 aliphatic carbocycles. The Morgan fingerprint density at radius 2 is 1.36 bits per heavy atom. The van der Waals surface area contributed by atoms with Crippen LogP contribution >= 0.6 is 11.6 Å². The van der Waals surface area contributed by atoms with Gasteiger partial charge in [0.15, 0.2) is 5.60 Å². The summed E-state index contributed by atoms with van der Waals surface area (Å²) in [5.74, 6) is -0.634. The summed E-state index contributed by atoms with van der Waals surface area (Å²) in [6, 6.07) is 21.5. The normalized spacial score (nSPS) is 11.6. The van der Waals surface area contributed by atoms with Crippen LogP contribution in [0.1, 0.15) is 27.8 Å². The summed E-state index contributed by atoms with van der Waals surface area (Å²) in [6.45, 7) is 3.90. The van der Waals surface area contributed by atoms with Gasteiger partial charge in [0.25, 0.3) is 5.91 Å². The number of benzene rings is 3. The Balaban J connectivity index is 1.91. The number of halogens is 1. The lowest BCUT2D eigenvalue weighted by atomic mass is 9.85. The highest BCUT2D eigenvalue weighted by molar-refractivity contribution is 6.30. The number of aryl methyl sites for hydroxylation is 2. The zero-order valence-corrected chi connectivity index (χ0v) is 16.4. The average molecular weight is 393 g/mol. The molecular formula is C23H21ClN2O2. The van der Waals surface area contributed by atoms with Crippen molar-refractivity contribution in [2.75, 3.05) is 0 Å². The molecule has 1 amide bonds. The van der Waals surface area contributed by atoms with Crippen LogP contribution in [0.5, 0.6) is 0 Å². The Hall–Kier alpha value is -2.95. The van der Waals surface area contributed by atoms with Gasteiger partial charge in [0.1, 0.15) is 0 Å². The lowest BCUT2D eigenvalue weighted by molar-refractivity contribution is -0.136. The third-order valence-electron chi connectivity index (χ3n) is 4.52. The predicted molar refractivity (Wildman–Crippen MR) is 113 cm³/mol. The number of aliphatic hydroxyl groups is 1. The van der Waals surface area contributed by atoms with E-state index < -0.39 is 11.5 Å². The number of rotatable bonds is 5. The minimum absolute atomic E-state index is 0.473. The molecule has 0 saturated heterocycles. The van der Waals surface area contributed by atoms with E-state index >= 15 is 0 Å². The van der Waals surface area contributed by atoms with Crippen molar-refractivity contribution in [2.45, 2.75) is 19.4 Å². The average Bonchev–Trinajstić information content (AvgIpc) is 2.70. The van der Waals surface area contributed by atoms with Crippen LogP contribution in [0.2, 0.25) is 5.02 Å². The van der Waals surface area contributed by atoms with E-state index in [0.29, 0.717) is 16.1 Å². The minimum Gasteiger partial charge on any atom is -0.372 e. The van der Waals surface area contributed by atoms with E-state index in [4.69, 9.17) is 11.6 Å². The summed E-state index contributed by atoms with van der Waals surface area (Å²) >= 11 is 5.87. The van der Waals surface area contributed by atoms with Gasteiger partial charge in [-0.3, -0.25) is 4.79 Å². The molecule has 5 heteroatoms. The van der Waals surface area contributed by atoms with Crippen molar-refractivity contribution in [1.82, 2.24) is 5.43 Å². The van der Waals surface area contributed by atoms with E-state index in [1.165, 1.54) is 6.21 Å². The summed E-state index contributed by atoms with van der Waals surface area (Å²) in [5, 5.41) is 16.0. The van der Waals surface area contributed by atoms with Gasteiger partial charge in [-0.2, -0.15) is 5.10 Å². The number of hydrogen-bond donors (Lipinski definition) is 2. The maximum atomic E-state index is 13.0. The van der Waals surface area contributed by atoms with Crippen LogP contribution in [0.15, 0.2) is 77.9 Å². The van der Waals surface area contributed by atoms with Crippen LogP contribution < -0.4 is 5.43 Å². The number of carbonyl (C=O) groups is 1. The fourth-order valence-electron chi connectivity index (χ4n) is 2.81. The van der Waals surface area contributed by atoms with Gasteiger partial charge in [0.2, 0.25) is 0 Å². The first kappa shape index (κ1) is 19.8. The van der Waals surface area contributed by atoms with E-state index in [1.54, 1.807) is 48.5 Å². The lowest BCUT2D eigenvalue weighted by Crippen LogP contribution is -2.43. The monoisotopic (exact) mass is 392 g/mol. The van der Waals surface area contributed by atoms with Crippen molar-refractivity contribution in [2.24, 2.45) is 5.10 Å². The van der Waals surface area contributed by atoms with Crippen molar-refractivity contribution in [3.05, 3.63) is 106 Å². The lowest BCUT2D eigenvalue weighted by Gasteiger charge is -2.27. The molecule has 4 nitrogen and oxygen atoms in total. The summed E-state index contributed by atoms with van der Waals surface area (Å²) in [4.78, 5) is 13.0. The molecule has 0 bridgehead atoms. The summed E-state index contributed by atoms with van der Waals surface area (Å²) in [7, 11) is 0. The summed E-state index contributed by atoms with van der Waals surface area (Å²) in [5.41, 5.74) is 4.40. The molecule has 0 aliphatic rings. The predicted octanol–water partition coefficient (Wildman–Crippen LogP) is 4.34. The third kappa shape index (κ3) is 4.30. The second-order valence-electron chi connectivity index (χ2n) is 6.69. The van der Waals surface area contributed by atoms with Crippen molar-refractivity contribution < 1.29 is 9.90 Å². The first-order valence-corrected chi connectivity index (χ1v) is 9.23. The van der Waals surface area contributed by atoms with Crippen LogP contribution in [0.4, 0.5) is 0 Å². The Labute approximate surface area is 169 Å². The van der Waals surface area contributed by atoms with E-state index in [0.717, 1.165) is 16.7 Å². The van der Waals surface area contributed by atoms with Crippen LogP contribution in [0, 0.1) is 13.8 Å². The number of hydrazone groups is 1. The largest absolute Gasteiger partial charge is 0.372 e. The van der Waals surface area contributed by atoms with Crippen LogP contribution in [0.3, 0.4) is 0 Å². The fourth-order valence-corrected chi connectivity index (χ4v) is 2.94. The maximum Gasteiger partial charge on any atom is 0.281 e. The van der Waals surface area contributed by atoms with Crippen LogP contribution in [0.25, 0.3) is 0 Å². The molecular weight excluding hydrogens is 372 g/mol. The van der Waals surface area contributed by atoms with Gasteiger partial charge in [-0.05, 0) is 42.7 Å². The topological polar surface area (TPSA) is 61.7 Å². The quantitative estimate of drug-likeness (QED) is 0.501. The maximum absolute atomic E-state index is 13.0. The fraction of sp³-hybridized carbons (Fsp3) is 0.130. The molecule has 0 saturated carbocycles. The first-order valence-electron chi connectivity index (χ1n) is 8.85. The van der Waals surface area contributed by atoms with Crippen molar-refractivity contribution in [1.29, 1.82) is 0 Å². The molecule has 3 aromatic carbocycles. The number of carbonyl (C=O) groups excluding carboxylic acids is 1. The molecule has 142 valence electrons. The van der Waals surface area contributed by atoms with Gasteiger partial charge in [0, 0.05) is 5.02 Å². The van der Waals surface area contributed by atoms with Gasteiger partial charge >= 0.3 is 0 Å². The number of nitrogens with one attached hydrogen (secondary N) is 1. The molecule has 28 heavy (non-hydrogen) atoms.